The average molecular weight is 346 g/mol. The number of hydrazone groups is 1. The maximum Gasteiger partial charge on any atom is 0.256 e. The minimum Gasteiger partial charge on any atom is -0.244 e. The molecule has 0 spiro atoms. The Kier molecular flexibility index (Phi) is 3.25. The maximum absolute atomic E-state index is 11.9. The Labute approximate surface area is 138 Å². The third-order valence-electron chi connectivity index (χ3n) is 3.81. The Hall–Kier alpha value is -2.18. The summed E-state index contributed by atoms with van der Waals surface area (Å²) in [4.78, 5) is 0. The molecule has 0 aromatic heterocycles. The number of halogens is 1. The van der Waals surface area contributed by atoms with Gasteiger partial charge in [0, 0.05) is 5.57 Å². The minimum absolute atomic E-state index is 0.0603. The second kappa shape index (κ2) is 5.18. The highest BCUT2D eigenvalue weighted by atomic mass is 35.5. The first-order chi connectivity index (χ1) is 11.0. The van der Waals surface area contributed by atoms with Gasteiger partial charge in [-0.1, -0.05) is 48.0 Å². The number of benzene rings is 2. The van der Waals surface area contributed by atoms with Crippen LogP contribution in [0, 0.1) is 0 Å². The molecule has 0 N–H and O–H groups in total. The van der Waals surface area contributed by atoms with Crippen molar-refractivity contribution < 1.29 is 8.42 Å². The second-order valence-corrected chi connectivity index (χ2v) is 7.51. The Bertz CT molecular complexity index is 1010. The van der Waals surface area contributed by atoms with E-state index in [4.69, 9.17) is 11.6 Å². The van der Waals surface area contributed by atoms with Gasteiger partial charge in [0.15, 0.2) is 5.84 Å². The van der Waals surface area contributed by atoms with Crippen molar-refractivity contribution >= 4 is 49.0 Å². The van der Waals surface area contributed by atoms with Crippen molar-refractivity contribution in [2.24, 2.45) is 9.50 Å². The number of allylic oxidation sites excluding steroid dienone is 1. The molecule has 2 heterocycles. The van der Waals surface area contributed by atoms with E-state index in [0.29, 0.717) is 16.6 Å². The zero-order valence-corrected chi connectivity index (χ0v) is 13.5. The predicted molar refractivity (Wildman–Crippen MR) is 93.1 cm³/mol. The molecule has 0 atom stereocenters. The van der Waals surface area contributed by atoms with Crippen molar-refractivity contribution in [3.63, 3.8) is 0 Å². The molecule has 2 aliphatic heterocycles. The fourth-order valence-corrected chi connectivity index (χ4v) is 3.87. The molecule has 23 heavy (non-hydrogen) atoms. The van der Waals surface area contributed by atoms with Crippen molar-refractivity contribution in [1.29, 1.82) is 0 Å². The Morgan fingerprint density at radius 1 is 1.09 bits per heavy atom. The number of nitrogens with zero attached hydrogens (tertiary/aromatic N) is 3. The van der Waals surface area contributed by atoms with Crippen LogP contribution in [0.2, 0.25) is 0 Å². The predicted octanol–water partition coefficient (Wildman–Crippen LogP) is 2.83. The van der Waals surface area contributed by atoms with Crippen molar-refractivity contribution in [1.82, 2.24) is 5.01 Å². The van der Waals surface area contributed by atoms with Gasteiger partial charge >= 0.3 is 0 Å². The summed E-state index contributed by atoms with van der Waals surface area (Å²) in [5, 5.41) is 8.19. The molecule has 4 rings (SSSR count). The summed E-state index contributed by atoms with van der Waals surface area (Å²) in [7, 11) is -3.46. The van der Waals surface area contributed by atoms with E-state index in [1.54, 1.807) is 11.1 Å². The molecule has 0 fully saturated rings. The molecule has 2 aliphatic rings. The normalized spacial score (nSPS) is 19.7. The first-order valence-corrected chi connectivity index (χ1v) is 9.06. The molecule has 5 nitrogen and oxygen atoms in total. The summed E-state index contributed by atoms with van der Waals surface area (Å²) in [5.74, 6) is 0.269. The van der Waals surface area contributed by atoms with E-state index in [-0.39, 0.29) is 12.3 Å². The second-order valence-electron chi connectivity index (χ2n) is 5.37. The number of rotatable bonds is 1. The molecule has 2 aromatic rings. The molecule has 116 valence electrons. The van der Waals surface area contributed by atoms with Gasteiger partial charge in [0.2, 0.25) is 0 Å². The van der Waals surface area contributed by atoms with E-state index in [0.717, 1.165) is 16.3 Å². The van der Waals surface area contributed by atoms with Crippen LogP contribution in [0.15, 0.2) is 58.0 Å². The first kappa shape index (κ1) is 14.4. The number of fused-ring (bicyclic) bond motifs is 2. The van der Waals surface area contributed by atoms with Gasteiger partial charge in [0.05, 0.1) is 12.3 Å². The fraction of sp³-hybridized carbons (Fsp3) is 0.125. The van der Waals surface area contributed by atoms with E-state index < -0.39 is 10.0 Å². The molecule has 0 radical (unpaired) electrons. The lowest BCUT2D eigenvalue weighted by Gasteiger charge is -2.28. The van der Waals surface area contributed by atoms with Crippen LogP contribution in [-0.4, -0.2) is 36.7 Å². The van der Waals surface area contributed by atoms with Gasteiger partial charge in [-0.05, 0) is 28.5 Å². The molecular formula is C16H12ClN3O2S. The van der Waals surface area contributed by atoms with Gasteiger partial charge in [-0.15, -0.1) is 4.40 Å². The summed E-state index contributed by atoms with van der Waals surface area (Å²) >= 11 is 6.10. The zero-order chi connectivity index (χ0) is 16.0. The van der Waals surface area contributed by atoms with Crippen LogP contribution in [0.25, 0.3) is 16.3 Å². The Morgan fingerprint density at radius 3 is 2.70 bits per heavy atom. The Morgan fingerprint density at radius 2 is 1.87 bits per heavy atom. The third kappa shape index (κ3) is 2.64. The van der Waals surface area contributed by atoms with Crippen molar-refractivity contribution in [3.05, 3.63) is 54.1 Å². The van der Waals surface area contributed by atoms with Crippen LogP contribution in [0.4, 0.5) is 0 Å². The quantitative estimate of drug-likeness (QED) is 0.798. The molecule has 0 saturated carbocycles. The van der Waals surface area contributed by atoms with E-state index >= 15 is 0 Å². The molecule has 7 heteroatoms. The molecular weight excluding hydrogens is 334 g/mol. The number of hydrogen-bond acceptors (Lipinski definition) is 4. The lowest BCUT2D eigenvalue weighted by Crippen LogP contribution is -2.38. The third-order valence-corrected chi connectivity index (χ3v) is 5.15. The summed E-state index contributed by atoms with van der Waals surface area (Å²) in [5.41, 5.74) is 1.52. The SMILES string of the molecule is O=S1(=O)CCN2N=C(Cl)C=C(c3ccc4ccccc4c3)C2=N1. The van der Waals surface area contributed by atoms with E-state index in [1.165, 1.54) is 0 Å². The largest absolute Gasteiger partial charge is 0.256 e. The zero-order valence-electron chi connectivity index (χ0n) is 12.0. The molecule has 0 bridgehead atoms. The summed E-state index contributed by atoms with van der Waals surface area (Å²) < 4.78 is 27.6. The highest BCUT2D eigenvalue weighted by Crippen LogP contribution is 2.28. The topological polar surface area (TPSA) is 62.1 Å². The molecule has 0 unspecified atom stereocenters. The van der Waals surface area contributed by atoms with E-state index in [1.807, 2.05) is 42.5 Å². The monoisotopic (exact) mass is 345 g/mol. The van der Waals surface area contributed by atoms with Crippen LogP contribution in [0.3, 0.4) is 0 Å². The summed E-state index contributed by atoms with van der Waals surface area (Å²) in [6, 6.07) is 13.9. The van der Waals surface area contributed by atoms with Gasteiger partial charge in [0.1, 0.15) is 5.17 Å². The minimum atomic E-state index is -3.46. The van der Waals surface area contributed by atoms with Gasteiger partial charge in [-0.3, -0.25) is 0 Å². The summed E-state index contributed by atoms with van der Waals surface area (Å²) in [6.45, 7) is 0.252. The van der Waals surface area contributed by atoms with Crippen molar-refractivity contribution in [2.45, 2.75) is 0 Å². The maximum atomic E-state index is 11.9. The Balaban J connectivity index is 1.90. The van der Waals surface area contributed by atoms with Gasteiger partial charge in [-0.25, -0.2) is 13.4 Å². The standard InChI is InChI=1S/C16H12ClN3O2S/c17-15-10-14(16-19-23(21,22)8-7-20(16)18-15)13-6-5-11-3-1-2-4-12(11)9-13/h1-6,9-10H,7-8H2. The number of hydrogen-bond donors (Lipinski definition) is 0. The first-order valence-electron chi connectivity index (χ1n) is 7.07. The van der Waals surface area contributed by atoms with E-state index in [9.17, 15) is 8.42 Å². The number of sulfonamides is 1. The van der Waals surface area contributed by atoms with Crippen LogP contribution in [-0.2, 0) is 10.0 Å². The average Bonchev–Trinajstić information content (AvgIpc) is 2.54. The van der Waals surface area contributed by atoms with Crippen LogP contribution >= 0.6 is 11.6 Å². The summed E-state index contributed by atoms with van der Waals surface area (Å²) in [6.07, 6.45) is 1.65. The van der Waals surface area contributed by atoms with Gasteiger partial charge in [0.25, 0.3) is 10.0 Å². The van der Waals surface area contributed by atoms with Gasteiger partial charge < -0.3 is 0 Å². The highest BCUT2D eigenvalue weighted by Gasteiger charge is 2.30. The number of amidine groups is 1. The van der Waals surface area contributed by atoms with Crippen molar-refractivity contribution in [2.75, 3.05) is 12.3 Å². The molecule has 0 aliphatic carbocycles. The molecule has 2 aromatic carbocycles. The molecule has 0 amide bonds. The van der Waals surface area contributed by atoms with Crippen molar-refractivity contribution in [3.8, 4) is 0 Å². The van der Waals surface area contributed by atoms with E-state index in [2.05, 4.69) is 9.50 Å². The van der Waals surface area contributed by atoms with Crippen LogP contribution < -0.4 is 0 Å². The molecule has 0 saturated heterocycles. The van der Waals surface area contributed by atoms with Gasteiger partial charge in [-0.2, -0.15) is 5.10 Å². The lowest BCUT2D eigenvalue weighted by molar-refractivity contribution is 0.463. The highest BCUT2D eigenvalue weighted by molar-refractivity contribution is 7.90. The van der Waals surface area contributed by atoms with Crippen LogP contribution in [0.5, 0.6) is 0 Å². The van der Waals surface area contributed by atoms with Crippen LogP contribution in [0.1, 0.15) is 5.56 Å². The lowest BCUT2D eigenvalue weighted by atomic mass is 9.99. The fourth-order valence-electron chi connectivity index (χ4n) is 2.71. The smallest absolute Gasteiger partial charge is 0.244 e.